The van der Waals surface area contributed by atoms with Crippen LogP contribution in [0.2, 0.25) is 0 Å². The molecule has 0 N–H and O–H groups in total. The molecule has 4 heteroatoms. The average Bonchev–Trinajstić information content (AvgIpc) is 2.73. The fourth-order valence-electron chi connectivity index (χ4n) is 6.61. The lowest BCUT2D eigenvalue weighted by Crippen LogP contribution is -2.60. The summed E-state index contributed by atoms with van der Waals surface area (Å²) in [5, 5.41) is 0. The van der Waals surface area contributed by atoms with Crippen LogP contribution >= 0.6 is 0 Å². The van der Waals surface area contributed by atoms with Crippen LogP contribution in [-0.4, -0.2) is 47.3 Å². The summed E-state index contributed by atoms with van der Waals surface area (Å²) in [4.78, 5) is 29.2. The molecule has 3 aliphatic rings. The van der Waals surface area contributed by atoms with Crippen molar-refractivity contribution in [3.8, 4) is 0 Å². The lowest BCUT2D eigenvalue weighted by Gasteiger charge is -2.55. The monoisotopic (exact) mass is 452 g/mol. The highest BCUT2D eigenvalue weighted by atomic mass is 16.2. The van der Waals surface area contributed by atoms with E-state index in [1.165, 1.54) is 24.0 Å². The Morgan fingerprint density at radius 2 is 1.70 bits per heavy atom. The summed E-state index contributed by atoms with van der Waals surface area (Å²) in [6.45, 7) is 15.0. The molecule has 1 spiro atoms. The molecule has 1 aromatic rings. The van der Waals surface area contributed by atoms with Gasteiger partial charge >= 0.3 is 0 Å². The van der Waals surface area contributed by atoms with Gasteiger partial charge in [0.2, 0.25) is 11.8 Å². The van der Waals surface area contributed by atoms with Crippen LogP contribution in [0.5, 0.6) is 0 Å². The number of carbonyl (C=O) groups is 2. The number of nitrogens with zero attached hydrogens (tertiary/aromatic N) is 2. The van der Waals surface area contributed by atoms with Gasteiger partial charge in [0.15, 0.2) is 0 Å². The Morgan fingerprint density at radius 1 is 1.09 bits per heavy atom. The topological polar surface area (TPSA) is 40.6 Å². The molecule has 4 rings (SSSR count). The Morgan fingerprint density at radius 3 is 2.24 bits per heavy atom. The number of amides is 2. The number of likely N-dealkylation sites (tertiary alicyclic amines) is 1. The van der Waals surface area contributed by atoms with E-state index in [1.807, 2.05) is 18.9 Å². The minimum atomic E-state index is -0.148. The van der Waals surface area contributed by atoms with Gasteiger partial charge in [0.1, 0.15) is 0 Å². The van der Waals surface area contributed by atoms with Crippen molar-refractivity contribution in [2.24, 2.45) is 11.3 Å². The fourth-order valence-corrected chi connectivity index (χ4v) is 6.61. The van der Waals surface area contributed by atoms with Crippen LogP contribution < -0.4 is 0 Å². The number of hydrogen-bond acceptors (Lipinski definition) is 2. The van der Waals surface area contributed by atoms with Gasteiger partial charge < -0.3 is 9.80 Å². The standard InChI is InChI=1S/C29H44N2O2/c1-8-25(32)30(7)28(6)16-22(17-28)26(33)31-13-11-29(12-14-31)18-21(19-29)24-15-23(27(3,4)5)10-9-20(24)2/h9-10,15,21-22H,8,11-14,16-19H2,1-7H3/t22-,28+. The SMILES string of the molecule is CCC(=O)N(C)[C@]1(C)C[C@H](C(=O)N2CCC3(CC2)CC(c2cc(C(C)(C)C)ccc2C)C3)C1. The Kier molecular flexibility index (Phi) is 6.20. The lowest BCUT2D eigenvalue weighted by molar-refractivity contribution is -0.154. The van der Waals surface area contributed by atoms with Crippen molar-refractivity contribution in [2.45, 2.75) is 103 Å². The fraction of sp³-hybridized carbons (Fsp3) is 0.724. The van der Waals surface area contributed by atoms with Crippen molar-refractivity contribution in [1.29, 1.82) is 0 Å². The summed E-state index contributed by atoms with van der Waals surface area (Å²) in [7, 11) is 1.89. The van der Waals surface area contributed by atoms with E-state index in [1.54, 1.807) is 5.56 Å². The Labute approximate surface area is 201 Å². The first-order chi connectivity index (χ1) is 15.4. The van der Waals surface area contributed by atoms with E-state index < -0.39 is 0 Å². The summed E-state index contributed by atoms with van der Waals surface area (Å²) < 4.78 is 0. The molecule has 2 aliphatic carbocycles. The minimum Gasteiger partial charge on any atom is -0.342 e. The second kappa shape index (κ2) is 8.43. The van der Waals surface area contributed by atoms with Gasteiger partial charge in [-0.15, -0.1) is 0 Å². The first-order valence-corrected chi connectivity index (χ1v) is 13.0. The summed E-state index contributed by atoms with van der Waals surface area (Å²) in [6, 6.07) is 7.05. The molecule has 33 heavy (non-hydrogen) atoms. The number of carbonyl (C=O) groups excluding carboxylic acids is 2. The summed E-state index contributed by atoms with van der Waals surface area (Å²) in [5.41, 5.74) is 4.88. The highest BCUT2D eigenvalue weighted by Gasteiger charge is 2.51. The predicted molar refractivity (Wildman–Crippen MR) is 134 cm³/mol. The van der Waals surface area contributed by atoms with Crippen LogP contribution in [0, 0.1) is 18.3 Å². The Hall–Kier alpha value is -1.84. The molecule has 3 fully saturated rings. The van der Waals surface area contributed by atoms with Gasteiger partial charge in [-0.05, 0) is 85.8 Å². The predicted octanol–water partition coefficient (Wildman–Crippen LogP) is 5.82. The summed E-state index contributed by atoms with van der Waals surface area (Å²) in [5.74, 6) is 1.26. The third-order valence-electron chi connectivity index (χ3n) is 9.29. The second-order valence-electron chi connectivity index (χ2n) is 12.7. The highest BCUT2D eigenvalue weighted by molar-refractivity contribution is 5.82. The van der Waals surface area contributed by atoms with Crippen molar-refractivity contribution in [3.63, 3.8) is 0 Å². The highest BCUT2D eigenvalue weighted by Crippen LogP contribution is 2.57. The molecule has 1 heterocycles. The summed E-state index contributed by atoms with van der Waals surface area (Å²) >= 11 is 0. The molecule has 0 atom stereocenters. The van der Waals surface area contributed by atoms with E-state index in [0.29, 0.717) is 23.7 Å². The van der Waals surface area contributed by atoms with E-state index in [0.717, 1.165) is 38.8 Å². The van der Waals surface area contributed by atoms with Gasteiger partial charge in [-0.1, -0.05) is 45.9 Å². The third kappa shape index (κ3) is 4.47. The van der Waals surface area contributed by atoms with E-state index in [-0.39, 0.29) is 22.8 Å². The largest absolute Gasteiger partial charge is 0.342 e. The zero-order valence-corrected chi connectivity index (χ0v) is 22.0. The molecular weight excluding hydrogens is 408 g/mol. The molecule has 2 amide bonds. The number of hydrogen-bond donors (Lipinski definition) is 0. The zero-order chi connectivity index (χ0) is 24.2. The zero-order valence-electron chi connectivity index (χ0n) is 22.0. The maximum atomic E-state index is 13.1. The quantitative estimate of drug-likeness (QED) is 0.578. The molecule has 1 saturated heterocycles. The first-order valence-electron chi connectivity index (χ1n) is 13.0. The Bertz CT molecular complexity index is 906. The van der Waals surface area contributed by atoms with Gasteiger partial charge in [-0.3, -0.25) is 9.59 Å². The molecule has 1 aromatic carbocycles. The number of rotatable bonds is 4. The van der Waals surface area contributed by atoms with Crippen LogP contribution in [0.25, 0.3) is 0 Å². The van der Waals surface area contributed by atoms with Crippen molar-refractivity contribution in [3.05, 3.63) is 34.9 Å². The van der Waals surface area contributed by atoms with Crippen molar-refractivity contribution in [1.82, 2.24) is 9.80 Å². The van der Waals surface area contributed by atoms with E-state index in [2.05, 4.69) is 57.7 Å². The molecular formula is C29H44N2O2. The number of aryl methyl sites for hydroxylation is 1. The molecule has 4 nitrogen and oxygen atoms in total. The van der Waals surface area contributed by atoms with E-state index in [9.17, 15) is 9.59 Å². The van der Waals surface area contributed by atoms with Gasteiger partial charge in [0.05, 0.1) is 0 Å². The van der Waals surface area contributed by atoms with Crippen molar-refractivity contribution >= 4 is 11.8 Å². The maximum Gasteiger partial charge on any atom is 0.225 e. The van der Waals surface area contributed by atoms with Gasteiger partial charge in [-0.25, -0.2) is 0 Å². The average molecular weight is 453 g/mol. The second-order valence-corrected chi connectivity index (χ2v) is 12.7. The van der Waals surface area contributed by atoms with Crippen LogP contribution in [0.15, 0.2) is 18.2 Å². The van der Waals surface area contributed by atoms with Crippen LogP contribution in [0.3, 0.4) is 0 Å². The summed E-state index contributed by atoms with van der Waals surface area (Å²) in [6.07, 6.45) is 6.98. The van der Waals surface area contributed by atoms with Crippen molar-refractivity contribution in [2.75, 3.05) is 20.1 Å². The number of piperidine rings is 1. The molecule has 0 bridgehead atoms. The maximum absolute atomic E-state index is 13.1. The number of benzene rings is 1. The molecule has 182 valence electrons. The smallest absolute Gasteiger partial charge is 0.225 e. The van der Waals surface area contributed by atoms with Gasteiger partial charge in [0, 0.05) is 38.0 Å². The van der Waals surface area contributed by atoms with Gasteiger partial charge in [-0.2, -0.15) is 0 Å². The van der Waals surface area contributed by atoms with E-state index in [4.69, 9.17) is 0 Å². The van der Waals surface area contributed by atoms with Gasteiger partial charge in [0.25, 0.3) is 0 Å². The van der Waals surface area contributed by atoms with Crippen molar-refractivity contribution < 1.29 is 9.59 Å². The van der Waals surface area contributed by atoms with Crippen LogP contribution in [0.1, 0.15) is 102 Å². The molecule has 2 saturated carbocycles. The molecule has 0 radical (unpaired) electrons. The minimum absolute atomic E-state index is 0.0908. The lowest BCUT2D eigenvalue weighted by atomic mass is 9.55. The Balaban J connectivity index is 1.30. The molecule has 0 aromatic heterocycles. The van der Waals surface area contributed by atoms with Crippen LogP contribution in [0.4, 0.5) is 0 Å². The third-order valence-corrected chi connectivity index (χ3v) is 9.29. The van der Waals surface area contributed by atoms with Crippen LogP contribution in [-0.2, 0) is 15.0 Å². The molecule has 0 unspecified atom stereocenters. The normalized spacial score (nSPS) is 27.1. The first kappa shape index (κ1) is 24.3. The molecule has 1 aliphatic heterocycles. The van der Waals surface area contributed by atoms with E-state index >= 15 is 0 Å².